The van der Waals surface area contributed by atoms with Gasteiger partial charge in [0.2, 0.25) is 11.8 Å². The molecule has 3 aliphatic heterocycles. The number of carbonyl (C=O) groups is 3. The standard InChI is InChI=1S/C33H36N4O5/c1-41-24-5-3-22(15-24)29-9-4-21-14-20(2-8-28(21)34-29)17-36-13-12-26(19-36)42-25-6-7-27-23(16-25)18-37(33(27)40)30-10-11-31(38)35-32(30)39/h2,4,6-9,14,16,22,24,26,30H,3,5,10-13,15,17-19H2,1H3,(H,35,38,39)/t22-,24+,26-,30?/m0/s1. The van der Waals surface area contributed by atoms with E-state index in [4.69, 9.17) is 14.5 Å². The van der Waals surface area contributed by atoms with E-state index in [2.05, 4.69) is 40.5 Å². The fourth-order valence-electron chi connectivity index (χ4n) is 7.05. The maximum atomic E-state index is 13.0. The van der Waals surface area contributed by atoms with Crippen LogP contribution in [-0.4, -0.2) is 71.0 Å². The largest absolute Gasteiger partial charge is 0.489 e. The van der Waals surface area contributed by atoms with E-state index in [9.17, 15) is 14.4 Å². The Morgan fingerprint density at radius 1 is 0.976 bits per heavy atom. The van der Waals surface area contributed by atoms with Crippen LogP contribution in [-0.2, 0) is 27.4 Å². The molecular formula is C33H36N4O5. The second-order valence-corrected chi connectivity index (χ2v) is 12.1. The van der Waals surface area contributed by atoms with E-state index in [1.165, 1.54) is 16.6 Å². The number of rotatable bonds is 7. The van der Waals surface area contributed by atoms with Crippen LogP contribution in [0.1, 0.15) is 71.6 Å². The molecule has 218 valence electrons. The molecule has 4 atom stereocenters. The van der Waals surface area contributed by atoms with Crippen molar-refractivity contribution in [3.63, 3.8) is 0 Å². The normalized spacial score (nSPS) is 26.2. The molecule has 3 aromatic rings. The van der Waals surface area contributed by atoms with Gasteiger partial charge in [0, 0.05) is 62.3 Å². The summed E-state index contributed by atoms with van der Waals surface area (Å²) < 4.78 is 11.9. The predicted molar refractivity (Wildman–Crippen MR) is 156 cm³/mol. The number of fused-ring (bicyclic) bond motifs is 2. The van der Waals surface area contributed by atoms with E-state index in [-0.39, 0.29) is 24.3 Å². The molecule has 7 rings (SSSR count). The number of hydrogen-bond donors (Lipinski definition) is 1. The van der Waals surface area contributed by atoms with E-state index < -0.39 is 11.9 Å². The zero-order valence-corrected chi connectivity index (χ0v) is 23.9. The molecule has 0 radical (unpaired) electrons. The zero-order valence-electron chi connectivity index (χ0n) is 23.9. The maximum Gasteiger partial charge on any atom is 0.255 e. The van der Waals surface area contributed by atoms with Crippen molar-refractivity contribution in [1.82, 2.24) is 20.1 Å². The Kier molecular flexibility index (Phi) is 7.15. The Hall–Kier alpha value is -3.82. The topological polar surface area (TPSA) is 101 Å². The summed E-state index contributed by atoms with van der Waals surface area (Å²) in [6, 6.07) is 15.9. The van der Waals surface area contributed by atoms with Gasteiger partial charge in [-0.25, -0.2) is 0 Å². The first-order valence-corrected chi connectivity index (χ1v) is 15.0. The number of methoxy groups -OCH3 is 1. The Morgan fingerprint density at radius 3 is 2.71 bits per heavy atom. The number of hydrogen-bond acceptors (Lipinski definition) is 7. The van der Waals surface area contributed by atoms with Gasteiger partial charge in [0.25, 0.3) is 5.91 Å². The van der Waals surface area contributed by atoms with Crippen LogP contribution in [0.3, 0.4) is 0 Å². The molecule has 9 nitrogen and oxygen atoms in total. The lowest BCUT2D eigenvalue weighted by Gasteiger charge is -2.29. The Bertz CT molecular complexity index is 1560. The second kappa shape index (κ2) is 11.1. The maximum absolute atomic E-state index is 13.0. The molecule has 1 unspecified atom stereocenters. The summed E-state index contributed by atoms with van der Waals surface area (Å²) >= 11 is 0. The van der Waals surface area contributed by atoms with Crippen LogP contribution in [0.15, 0.2) is 48.5 Å². The third-order valence-corrected chi connectivity index (χ3v) is 9.34. The SMILES string of the molecule is CO[C@@H]1CC[C@H](c2ccc3cc(CN4CC[C@H](Oc5ccc6c(c5)CN(C5CCC(=O)NC5=O)C6=O)C4)ccc3n2)C1. The fraction of sp³-hybridized carbons (Fsp3) is 0.455. The minimum atomic E-state index is -0.612. The fourth-order valence-corrected chi connectivity index (χ4v) is 7.05. The van der Waals surface area contributed by atoms with Crippen LogP contribution in [0.25, 0.3) is 10.9 Å². The van der Waals surface area contributed by atoms with E-state index >= 15 is 0 Å². The van der Waals surface area contributed by atoms with Gasteiger partial charge in [-0.2, -0.15) is 0 Å². The van der Waals surface area contributed by atoms with Crippen molar-refractivity contribution in [2.75, 3.05) is 20.2 Å². The van der Waals surface area contributed by atoms with Gasteiger partial charge >= 0.3 is 0 Å². The molecule has 3 amide bonds. The number of amides is 3. The first-order chi connectivity index (χ1) is 20.4. The lowest BCUT2D eigenvalue weighted by atomic mass is 10.0. The minimum Gasteiger partial charge on any atom is -0.489 e. The van der Waals surface area contributed by atoms with Crippen LogP contribution < -0.4 is 10.1 Å². The molecule has 0 bridgehead atoms. The predicted octanol–water partition coefficient (Wildman–Crippen LogP) is 3.93. The first kappa shape index (κ1) is 27.0. The van der Waals surface area contributed by atoms with Gasteiger partial charge in [-0.1, -0.05) is 12.1 Å². The van der Waals surface area contributed by atoms with Crippen molar-refractivity contribution in [3.05, 3.63) is 70.9 Å². The van der Waals surface area contributed by atoms with Crippen molar-refractivity contribution >= 4 is 28.6 Å². The molecule has 1 saturated carbocycles. The molecule has 4 heterocycles. The third-order valence-electron chi connectivity index (χ3n) is 9.34. The molecule has 2 aromatic carbocycles. The van der Waals surface area contributed by atoms with Crippen LogP contribution in [0.5, 0.6) is 5.75 Å². The number of nitrogens with one attached hydrogen (secondary N) is 1. The van der Waals surface area contributed by atoms with Crippen molar-refractivity contribution in [2.45, 2.75) is 75.8 Å². The number of aromatic nitrogens is 1. The number of imide groups is 1. The molecule has 4 aliphatic rings. The first-order valence-electron chi connectivity index (χ1n) is 15.0. The molecule has 42 heavy (non-hydrogen) atoms. The summed E-state index contributed by atoms with van der Waals surface area (Å²) in [6.07, 6.45) is 5.25. The van der Waals surface area contributed by atoms with Crippen LogP contribution >= 0.6 is 0 Å². The average Bonchev–Trinajstić information content (AvgIpc) is 3.72. The quantitative estimate of drug-likeness (QED) is 0.431. The summed E-state index contributed by atoms with van der Waals surface area (Å²) in [5, 5.41) is 3.52. The summed E-state index contributed by atoms with van der Waals surface area (Å²) in [5.41, 5.74) is 4.94. The van der Waals surface area contributed by atoms with Gasteiger partial charge in [0.05, 0.1) is 11.6 Å². The molecule has 0 spiro atoms. The van der Waals surface area contributed by atoms with Crippen molar-refractivity contribution < 1.29 is 23.9 Å². The van der Waals surface area contributed by atoms with E-state index in [1.807, 2.05) is 12.1 Å². The van der Waals surface area contributed by atoms with E-state index in [1.54, 1.807) is 18.1 Å². The van der Waals surface area contributed by atoms with E-state index in [0.717, 1.165) is 62.1 Å². The molecule has 1 N–H and O–H groups in total. The van der Waals surface area contributed by atoms with Crippen LogP contribution in [0.4, 0.5) is 0 Å². The number of nitrogens with zero attached hydrogens (tertiary/aromatic N) is 3. The minimum absolute atomic E-state index is 0.0680. The Balaban J connectivity index is 0.954. The van der Waals surface area contributed by atoms with Gasteiger partial charge in [0.1, 0.15) is 17.9 Å². The number of likely N-dealkylation sites (tertiary alicyclic amines) is 1. The third kappa shape index (κ3) is 5.27. The molecule has 3 fully saturated rings. The molecule has 2 saturated heterocycles. The van der Waals surface area contributed by atoms with Gasteiger partial charge in [-0.15, -0.1) is 0 Å². The smallest absolute Gasteiger partial charge is 0.255 e. The van der Waals surface area contributed by atoms with Gasteiger partial charge < -0.3 is 14.4 Å². The average molecular weight is 569 g/mol. The second-order valence-electron chi connectivity index (χ2n) is 12.1. The monoisotopic (exact) mass is 568 g/mol. The molecule has 1 aromatic heterocycles. The zero-order chi connectivity index (χ0) is 28.8. The van der Waals surface area contributed by atoms with Crippen molar-refractivity contribution in [3.8, 4) is 5.75 Å². The lowest BCUT2D eigenvalue weighted by molar-refractivity contribution is -0.136. The summed E-state index contributed by atoms with van der Waals surface area (Å²) in [7, 11) is 1.80. The molecule has 1 aliphatic carbocycles. The van der Waals surface area contributed by atoms with Gasteiger partial charge in [0.15, 0.2) is 0 Å². The number of pyridine rings is 1. The number of ether oxygens (including phenoxy) is 2. The molecular weight excluding hydrogens is 532 g/mol. The van der Waals surface area contributed by atoms with Crippen LogP contribution in [0, 0.1) is 0 Å². The number of carbonyl (C=O) groups excluding carboxylic acids is 3. The molecule has 9 heteroatoms. The highest BCUT2D eigenvalue weighted by molar-refractivity contribution is 6.05. The van der Waals surface area contributed by atoms with Gasteiger partial charge in [-0.3, -0.25) is 29.6 Å². The highest BCUT2D eigenvalue weighted by Crippen LogP contribution is 2.36. The van der Waals surface area contributed by atoms with Crippen molar-refractivity contribution in [1.29, 1.82) is 0 Å². The van der Waals surface area contributed by atoms with Crippen LogP contribution in [0.2, 0.25) is 0 Å². The Morgan fingerprint density at radius 2 is 1.88 bits per heavy atom. The Labute approximate surface area is 245 Å². The van der Waals surface area contributed by atoms with Crippen molar-refractivity contribution in [2.24, 2.45) is 0 Å². The summed E-state index contributed by atoms with van der Waals surface area (Å²) in [6.45, 7) is 2.99. The highest BCUT2D eigenvalue weighted by Gasteiger charge is 2.39. The summed E-state index contributed by atoms with van der Waals surface area (Å²) in [4.78, 5) is 45.8. The lowest BCUT2D eigenvalue weighted by Crippen LogP contribution is -2.52. The van der Waals surface area contributed by atoms with E-state index in [0.29, 0.717) is 30.6 Å². The number of benzene rings is 2. The number of piperidine rings is 1. The highest BCUT2D eigenvalue weighted by atomic mass is 16.5. The van der Waals surface area contributed by atoms with Gasteiger partial charge in [-0.05, 0) is 79.6 Å². The summed E-state index contributed by atoms with van der Waals surface area (Å²) in [5.74, 6) is 0.375.